The van der Waals surface area contributed by atoms with Gasteiger partial charge in [-0.25, -0.2) is 14.4 Å². The Bertz CT molecular complexity index is 1250. The van der Waals surface area contributed by atoms with Crippen LogP contribution in [0.2, 0.25) is 0 Å². The average Bonchev–Trinajstić information content (AvgIpc) is 3.56. The van der Waals surface area contributed by atoms with Crippen LogP contribution >= 0.6 is 0 Å². The van der Waals surface area contributed by atoms with Crippen molar-refractivity contribution in [2.24, 2.45) is 0 Å². The van der Waals surface area contributed by atoms with Crippen LogP contribution in [0, 0.1) is 5.82 Å². The molecule has 0 radical (unpaired) electrons. The van der Waals surface area contributed by atoms with Crippen LogP contribution in [-0.4, -0.2) is 45.8 Å². The van der Waals surface area contributed by atoms with Crippen molar-refractivity contribution < 1.29 is 9.13 Å². The molecule has 0 spiro atoms. The molecular formula is C24H27FN6O. The van der Waals surface area contributed by atoms with Crippen molar-refractivity contribution in [3.63, 3.8) is 0 Å². The molecule has 32 heavy (non-hydrogen) atoms. The number of hydrogen-bond acceptors (Lipinski definition) is 5. The second-order valence-electron chi connectivity index (χ2n) is 8.75. The second kappa shape index (κ2) is 8.09. The number of benzene rings is 2. The van der Waals surface area contributed by atoms with Gasteiger partial charge >= 0.3 is 0 Å². The van der Waals surface area contributed by atoms with E-state index in [9.17, 15) is 4.39 Å². The molecule has 166 valence electrons. The predicted molar refractivity (Wildman–Crippen MR) is 124 cm³/mol. The van der Waals surface area contributed by atoms with E-state index in [0.717, 1.165) is 48.8 Å². The molecule has 1 saturated carbocycles. The lowest BCUT2D eigenvalue weighted by Crippen LogP contribution is -2.36. The Hall–Kier alpha value is -3.13. The van der Waals surface area contributed by atoms with Crippen molar-refractivity contribution in [1.29, 1.82) is 0 Å². The molecule has 1 aliphatic carbocycles. The minimum absolute atomic E-state index is 0.266. The highest BCUT2D eigenvalue weighted by atomic mass is 19.1. The number of imidazole rings is 2. The van der Waals surface area contributed by atoms with Crippen LogP contribution in [0.1, 0.15) is 37.5 Å². The summed E-state index contributed by atoms with van der Waals surface area (Å²) >= 11 is 0. The maximum absolute atomic E-state index is 13.5. The van der Waals surface area contributed by atoms with E-state index in [1.54, 1.807) is 6.07 Å². The van der Waals surface area contributed by atoms with Crippen molar-refractivity contribution in [1.82, 2.24) is 19.5 Å². The molecule has 8 heteroatoms. The first-order valence-electron chi connectivity index (χ1n) is 11.5. The number of fused-ring (bicyclic) bond motifs is 2. The zero-order valence-electron chi connectivity index (χ0n) is 18.0. The molecule has 0 bridgehead atoms. The lowest BCUT2D eigenvalue weighted by atomic mass is 10.2. The minimum Gasteiger partial charge on any atom is -0.378 e. The molecule has 2 fully saturated rings. The summed E-state index contributed by atoms with van der Waals surface area (Å²) in [7, 11) is 0. The van der Waals surface area contributed by atoms with Gasteiger partial charge in [0.05, 0.1) is 48.3 Å². The molecule has 2 N–H and O–H groups in total. The highest BCUT2D eigenvalue weighted by Crippen LogP contribution is 2.36. The second-order valence-corrected chi connectivity index (χ2v) is 8.75. The van der Waals surface area contributed by atoms with E-state index in [1.165, 1.54) is 49.0 Å². The van der Waals surface area contributed by atoms with Gasteiger partial charge in [-0.2, -0.15) is 0 Å². The van der Waals surface area contributed by atoms with E-state index in [-0.39, 0.29) is 5.82 Å². The predicted octanol–water partition coefficient (Wildman–Crippen LogP) is 4.62. The van der Waals surface area contributed by atoms with Gasteiger partial charge < -0.3 is 24.5 Å². The quantitative estimate of drug-likeness (QED) is 0.480. The number of halogens is 1. The Kier molecular flexibility index (Phi) is 4.94. The van der Waals surface area contributed by atoms with Crippen molar-refractivity contribution in [3.8, 4) is 0 Å². The normalized spacial score (nSPS) is 17.6. The third kappa shape index (κ3) is 3.58. The summed E-state index contributed by atoms with van der Waals surface area (Å²) < 4.78 is 21.5. The van der Waals surface area contributed by atoms with Gasteiger partial charge in [-0.15, -0.1) is 0 Å². The minimum atomic E-state index is -0.266. The monoisotopic (exact) mass is 434 g/mol. The molecule has 4 aromatic rings. The van der Waals surface area contributed by atoms with Gasteiger partial charge in [0.1, 0.15) is 17.2 Å². The molecule has 0 amide bonds. The lowest BCUT2D eigenvalue weighted by molar-refractivity contribution is 0.122. The molecule has 1 saturated heterocycles. The van der Waals surface area contributed by atoms with Gasteiger partial charge in [-0.3, -0.25) is 0 Å². The molecule has 0 unspecified atom stereocenters. The lowest BCUT2D eigenvalue weighted by Gasteiger charge is -2.29. The first-order valence-corrected chi connectivity index (χ1v) is 11.5. The number of H-pyrrole nitrogens is 1. The Balaban J connectivity index is 1.35. The molecule has 0 atom stereocenters. The topological polar surface area (TPSA) is 71.0 Å². The molecule has 2 aliphatic rings. The SMILES string of the molecule is Fc1ccc2nc(CNc3cc(N4CCOCC4)cc4c3ncn4C3CCCC3)[nH]c2c1. The summed E-state index contributed by atoms with van der Waals surface area (Å²) in [6, 6.07) is 9.60. The molecule has 1 aliphatic heterocycles. The Morgan fingerprint density at radius 3 is 2.81 bits per heavy atom. The third-order valence-corrected chi connectivity index (χ3v) is 6.70. The maximum Gasteiger partial charge on any atom is 0.126 e. The van der Waals surface area contributed by atoms with Crippen LogP contribution in [0.5, 0.6) is 0 Å². The Morgan fingerprint density at radius 1 is 1.12 bits per heavy atom. The fourth-order valence-corrected chi connectivity index (χ4v) is 5.03. The maximum atomic E-state index is 13.5. The Morgan fingerprint density at radius 2 is 1.97 bits per heavy atom. The highest BCUT2D eigenvalue weighted by molar-refractivity contribution is 5.92. The fraction of sp³-hybridized carbons (Fsp3) is 0.417. The summed E-state index contributed by atoms with van der Waals surface area (Å²) in [4.78, 5) is 15.0. The zero-order chi connectivity index (χ0) is 21.5. The van der Waals surface area contributed by atoms with Crippen molar-refractivity contribution >= 4 is 33.4 Å². The molecule has 3 heterocycles. The summed E-state index contributed by atoms with van der Waals surface area (Å²) in [6.07, 6.45) is 6.99. The number of ether oxygens (including phenoxy) is 1. The van der Waals surface area contributed by atoms with Crippen molar-refractivity contribution in [2.75, 3.05) is 36.5 Å². The van der Waals surface area contributed by atoms with Crippen molar-refractivity contribution in [3.05, 3.63) is 48.3 Å². The summed E-state index contributed by atoms with van der Waals surface area (Å²) in [6.45, 7) is 3.78. The van der Waals surface area contributed by atoms with E-state index < -0.39 is 0 Å². The van der Waals surface area contributed by atoms with Gasteiger partial charge in [-0.1, -0.05) is 12.8 Å². The zero-order valence-corrected chi connectivity index (χ0v) is 18.0. The van der Waals surface area contributed by atoms with E-state index in [1.807, 2.05) is 6.33 Å². The molecular weight excluding hydrogens is 407 g/mol. The van der Waals surface area contributed by atoms with Gasteiger partial charge in [0, 0.05) is 24.8 Å². The molecule has 7 nitrogen and oxygen atoms in total. The van der Waals surface area contributed by atoms with Crippen molar-refractivity contribution in [2.45, 2.75) is 38.3 Å². The first-order chi connectivity index (χ1) is 15.7. The van der Waals surface area contributed by atoms with Gasteiger partial charge in [-0.05, 0) is 43.2 Å². The van der Waals surface area contributed by atoms with Gasteiger partial charge in [0.25, 0.3) is 0 Å². The smallest absolute Gasteiger partial charge is 0.126 e. The molecule has 2 aromatic heterocycles. The fourth-order valence-electron chi connectivity index (χ4n) is 5.03. The van der Waals surface area contributed by atoms with Crippen LogP contribution in [0.4, 0.5) is 15.8 Å². The van der Waals surface area contributed by atoms with Gasteiger partial charge in [0.2, 0.25) is 0 Å². The van der Waals surface area contributed by atoms with Crippen LogP contribution in [-0.2, 0) is 11.3 Å². The van der Waals surface area contributed by atoms with Crippen LogP contribution in [0.15, 0.2) is 36.7 Å². The highest BCUT2D eigenvalue weighted by Gasteiger charge is 2.22. The summed E-state index contributed by atoms with van der Waals surface area (Å²) in [5.41, 5.74) is 5.81. The number of anilines is 2. The standard InChI is InChI=1S/C24H27FN6O/c25-16-5-6-19-20(11-16)29-23(28-19)14-26-21-12-18(30-7-9-32-10-8-30)13-22-24(21)27-15-31(22)17-3-1-2-4-17/h5-6,11-13,15,17,26H,1-4,7-10,14H2,(H,28,29). The number of nitrogens with zero attached hydrogens (tertiary/aromatic N) is 4. The number of rotatable bonds is 5. The van der Waals surface area contributed by atoms with E-state index >= 15 is 0 Å². The summed E-state index contributed by atoms with van der Waals surface area (Å²) in [5, 5.41) is 3.54. The number of hydrogen-bond donors (Lipinski definition) is 2. The van der Waals surface area contributed by atoms with Crippen LogP contribution in [0.25, 0.3) is 22.1 Å². The third-order valence-electron chi connectivity index (χ3n) is 6.70. The van der Waals surface area contributed by atoms with Crippen LogP contribution < -0.4 is 10.2 Å². The van der Waals surface area contributed by atoms with E-state index in [0.29, 0.717) is 18.1 Å². The average molecular weight is 435 g/mol. The molecule has 6 rings (SSSR count). The number of morpholine rings is 1. The molecule has 2 aromatic carbocycles. The first kappa shape index (κ1) is 19.5. The van der Waals surface area contributed by atoms with E-state index in [2.05, 4.69) is 36.9 Å². The number of nitrogens with one attached hydrogen (secondary N) is 2. The number of aromatic amines is 1. The van der Waals surface area contributed by atoms with Crippen LogP contribution in [0.3, 0.4) is 0 Å². The van der Waals surface area contributed by atoms with Gasteiger partial charge in [0.15, 0.2) is 0 Å². The largest absolute Gasteiger partial charge is 0.378 e. The Labute approximate surface area is 185 Å². The number of aromatic nitrogens is 4. The van der Waals surface area contributed by atoms with E-state index in [4.69, 9.17) is 9.72 Å². The summed E-state index contributed by atoms with van der Waals surface area (Å²) in [5.74, 6) is 0.504.